The van der Waals surface area contributed by atoms with Crippen LogP contribution in [0.4, 0.5) is 11.4 Å². The van der Waals surface area contributed by atoms with Crippen molar-refractivity contribution in [1.29, 1.82) is 0 Å². The van der Waals surface area contributed by atoms with E-state index < -0.39 is 20.5 Å². The predicted molar refractivity (Wildman–Crippen MR) is 116 cm³/mol. The zero-order chi connectivity index (χ0) is 23.1. The summed E-state index contributed by atoms with van der Waals surface area (Å²) in [5, 5.41) is 16.7. The first-order valence-electron chi connectivity index (χ1n) is 10.2. The number of hydrogen-bond acceptors (Lipinski definition) is 8. The number of ether oxygens (including phenoxy) is 2. The van der Waals surface area contributed by atoms with Crippen LogP contribution in [-0.2, 0) is 10.0 Å². The highest BCUT2D eigenvalue weighted by Gasteiger charge is 2.43. The number of piperidine rings is 1. The fourth-order valence-electron chi connectivity index (χ4n) is 4.26. The van der Waals surface area contributed by atoms with Crippen molar-refractivity contribution in [3.05, 3.63) is 52.1 Å². The summed E-state index contributed by atoms with van der Waals surface area (Å²) in [7, 11) is -4.06. The molecule has 1 spiro atoms. The topological polar surface area (TPSA) is 142 Å². The summed E-state index contributed by atoms with van der Waals surface area (Å²) in [4.78, 5) is 25.2. The van der Waals surface area contributed by atoms with Crippen molar-refractivity contribution in [2.24, 2.45) is 5.14 Å². The molecule has 0 bridgehead atoms. The maximum absolute atomic E-state index is 12.8. The van der Waals surface area contributed by atoms with Crippen LogP contribution in [0.25, 0.3) is 0 Å². The summed E-state index contributed by atoms with van der Waals surface area (Å²) in [5.74, 6) is 1.11. The molecule has 2 aromatic carbocycles. The molecule has 2 aliphatic heterocycles. The molecule has 2 heterocycles. The molecular formula is C21H23N3O7S. The van der Waals surface area contributed by atoms with E-state index in [-0.39, 0.29) is 22.8 Å². The van der Waals surface area contributed by atoms with E-state index in [0.717, 1.165) is 6.07 Å². The van der Waals surface area contributed by atoms with Crippen molar-refractivity contribution in [2.45, 2.75) is 36.7 Å². The van der Waals surface area contributed by atoms with Crippen molar-refractivity contribution in [1.82, 2.24) is 0 Å². The molecule has 1 saturated heterocycles. The number of nitro benzene ring substituents is 1. The standard InChI is InChI=1S/C21H23N3O7S/c1-2-30-14-3-5-16-19(25)13-21(31-20(16)11-14)7-9-23(10-8-21)17-6-4-15(32(22,28)29)12-18(17)24(26)27/h3-6,11-12H,2,7-10,13H2,1H3,(H2,22,28,29). The van der Waals surface area contributed by atoms with Gasteiger partial charge in [0.25, 0.3) is 5.69 Å². The molecule has 0 aliphatic carbocycles. The Hall–Kier alpha value is -3.18. The average Bonchev–Trinajstić information content (AvgIpc) is 2.73. The van der Waals surface area contributed by atoms with Crippen LogP contribution in [0.1, 0.15) is 36.5 Å². The molecule has 1 fully saturated rings. The molecule has 170 valence electrons. The zero-order valence-corrected chi connectivity index (χ0v) is 18.3. The number of carbonyl (C=O) groups is 1. The quantitative estimate of drug-likeness (QED) is 0.529. The summed E-state index contributed by atoms with van der Waals surface area (Å²) in [6.07, 6.45) is 1.19. The minimum Gasteiger partial charge on any atom is -0.494 e. The lowest BCUT2D eigenvalue weighted by molar-refractivity contribution is -0.384. The van der Waals surface area contributed by atoms with Gasteiger partial charge in [-0.05, 0) is 31.2 Å². The third-order valence-corrected chi connectivity index (χ3v) is 6.77. The van der Waals surface area contributed by atoms with Gasteiger partial charge in [-0.25, -0.2) is 13.6 Å². The number of Topliss-reactive ketones (excluding diaryl/α,β-unsaturated/α-hetero) is 1. The Morgan fingerprint density at radius 3 is 2.56 bits per heavy atom. The monoisotopic (exact) mass is 461 g/mol. The average molecular weight is 461 g/mol. The van der Waals surface area contributed by atoms with Crippen LogP contribution in [0.3, 0.4) is 0 Å². The van der Waals surface area contributed by atoms with E-state index in [4.69, 9.17) is 14.6 Å². The van der Waals surface area contributed by atoms with Crippen LogP contribution in [0.5, 0.6) is 11.5 Å². The molecule has 2 aliphatic rings. The van der Waals surface area contributed by atoms with Crippen LogP contribution in [0, 0.1) is 10.1 Å². The predicted octanol–water partition coefficient (Wildman–Crippen LogP) is 2.65. The molecule has 0 aromatic heterocycles. The number of carbonyl (C=O) groups excluding carboxylic acids is 1. The summed E-state index contributed by atoms with van der Waals surface area (Å²) >= 11 is 0. The van der Waals surface area contributed by atoms with Crippen LogP contribution < -0.4 is 19.5 Å². The highest BCUT2D eigenvalue weighted by molar-refractivity contribution is 7.89. The van der Waals surface area contributed by atoms with Gasteiger partial charge < -0.3 is 14.4 Å². The molecule has 10 nitrogen and oxygen atoms in total. The van der Waals surface area contributed by atoms with Crippen molar-refractivity contribution in [2.75, 3.05) is 24.6 Å². The van der Waals surface area contributed by atoms with Crippen molar-refractivity contribution in [3.8, 4) is 11.5 Å². The number of benzene rings is 2. The molecule has 0 amide bonds. The third kappa shape index (κ3) is 4.13. The van der Waals surface area contributed by atoms with Crippen LogP contribution in [0.15, 0.2) is 41.3 Å². The maximum atomic E-state index is 12.8. The number of primary sulfonamides is 1. The number of rotatable bonds is 5. The second-order valence-electron chi connectivity index (χ2n) is 7.92. The highest BCUT2D eigenvalue weighted by Crippen LogP contribution is 2.42. The van der Waals surface area contributed by atoms with Crippen molar-refractivity contribution >= 4 is 27.2 Å². The number of nitro groups is 1. The van der Waals surface area contributed by atoms with Crippen LogP contribution in [-0.4, -0.2) is 44.4 Å². The SMILES string of the molecule is CCOc1ccc2c(c1)OC1(CCN(c3ccc(S(N)(=O)=O)cc3[N+](=O)[O-])CC1)CC2=O. The zero-order valence-electron chi connectivity index (χ0n) is 17.4. The molecule has 4 rings (SSSR count). The molecule has 0 atom stereocenters. The van der Waals surface area contributed by atoms with Crippen molar-refractivity contribution < 1.29 is 27.6 Å². The second-order valence-corrected chi connectivity index (χ2v) is 9.48. The molecule has 11 heteroatoms. The van der Waals surface area contributed by atoms with Gasteiger partial charge in [-0.3, -0.25) is 14.9 Å². The smallest absolute Gasteiger partial charge is 0.293 e. The Morgan fingerprint density at radius 2 is 1.94 bits per heavy atom. The lowest BCUT2D eigenvalue weighted by atomic mass is 9.82. The Kier molecular flexibility index (Phi) is 5.55. The Labute approximate surface area is 185 Å². The van der Waals surface area contributed by atoms with Gasteiger partial charge in [0, 0.05) is 38.1 Å². The van der Waals surface area contributed by atoms with Gasteiger partial charge >= 0.3 is 0 Å². The number of ketones is 1. The number of hydrogen-bond donors (Lipinski definition) is 1. The van der Waals surface area contributed by atoms with Gasteiger partial charge in [0.15, 0.2) is 5.78 Å². The lowest BCUT2D eigenvalue weighted by Gasteiger charge is -2.44. The maximum Gasteiger partial charge on any atom is 0.293 e. The van der Waals surface area contributed by atoms with Crippen LogP contribution >= 0.6 is 0 Å². The first-order chi connectivity index (χ1) is 15.1. The van der Waals surface area contributed by atoms with E-state index in [2.05, 4.69) is 0 Å². The van der Waals surface area contributed by atoms with Crippen molar-refractivity contribution in [3.63, 3.8) is 0 Å². The number of nitrogens with zero attached hydrogens (tertiary/aromatic N) is 2. The highest BCUT2D eigenvalue weighted by atomic mass is 32.2. The van der Waals surface area contributed by atoms with Gasteiger partial charge in [-0.1, -0.05) is 0 Å². The molecule has 2 aromatic rings. The number of sulfonamides is 1. The van der Waals surface area contributed by atoms with E-state index >= 15 is 0 Å². The Bertz CT molecular complexity index is 1190. The summed E-state index contributed by atoms with van der Waals surface area (Å²) < 4.78 is 35.0. The third-order valence-electron chi connectivity index (χ3n) is 5.86. The number of anilines is 1. The van der Waals surface area contributed by atoms with E-state index in [0.29, 0.717) is 55.3 Å². The normalized spacial score (nSPS) is 17.6. The fraction of sp³-hybridized carbons (Fsp3) is 0.381. The molecule has 2 N–H and O–H groups in total. The number of fused-ring (bicyclic) bond motifs is 1. The van der Waals surface area contributed by atoms with E-state index in [1.807, 2.05) is 6.92 Å². The summed E-state index contributed by atoms with van der Waals surface area (Å²) in [5.41, 5.74) is -0.199. The summed E-state index contributed by atoms with van der Waals surface area (Å²) in [6, 6.07) is 8.80. The molecule has 32 heavy (non-hydrogen) atoms. The van der Waals surface area contributed by atoms with E-state index in [1.165, 1.54) is 12.1 Å². The minimum absolute atomic E-state index is 0.00812. The molecular weight excluding hydrogens is 438 g/mol. The Balaban J connectivity index is 1.56. The Morgan fingerprint density at radius 1 is 1.22 bits per heavy atom. The lowest BCUT2D eigenvalue weighted by Crippen LogP contribution is -2.51. The second kappa shape index (κ2) is 8.06. The van der Waals surface area contributed by atoms with Gasteiger partial charge in [-0.2, -0.15) is 0 Å². The minimum atomic E-state index is -4.06. The first kappa shape index (κ1) is 22.0. The van der Waals surface area contributed by atoms with Gasteiger partial charge in [-0.15, -0.1) is 0 Å². The number of nitrogens with two attached hydrogens (primary N) is 1. The van der Waals surface area contributed by atoms with Gasteiger partial charge in [0.2, 0.25) is 10.0 Å². The molecule has 0 unspecified atom stereocenters. The van der Waals surface area contributed by atoms with Crippen LogP contribution in [0.2, 0.25) is 0 Å². The van der Waals surface area contributed by atoms with E-state index in [1.54, 1.807) is 23.1 Å². The largest absolute Gasteiger partial charge is 0.494 e. The molecule has 0 radical (unpaired) electrons. The van der Waals surface area contributed by atoms with Gasteiger partial charge in [0.05, 0.1) is 28.4 Å². The molecule has 0 saturated carbocycles. The fourth-order valence-corrected chi connectivity index (χ4v) is 4.79. The first-order valence-corrected chi connectivity index (χ1v) is 11.7. The van der Waals surface area contributed by atoms with E-state index in [9.17, 15) is 23.3 Å². The summed E-state index contributed by atoms with van der Waals surface area (Å²) in [6.45, 7) is 3.18. The van der Waals surface area contributed by atoms with Gasteiger partial charge in [0.1, 0.15) is 22.8 Å².